The smallest absolute Gasteiger partial charge is 0.407 e. The van der Waals surface area contributed by atoms with Crippen LogP contribution in [0.15, 0.2) is 85.1 Å². The number of amides is 1. The van der Waals surface area contributed by atoms with Crippen molar-refractivity contribution in [3.8, 4) is 11.1 Å². The van der Waals surface area contributed by atoms with Gasteiger partial charge in [0.2, 0.25) is 0 Å². The molecular weight excluding hydrogens is 428 g/mol. The Kier molecular flexibility index (Phi) is 6.25. The Morgan fingerprint density at radius 1 is 0.941 bits per heavy atom. The zero-order valence-electron chi connectivity index (χ0n) is 18.6. The van der Waals surface area contributed by atoms with Gasteiger partial charge < -0.3 is 20.3 Å². The summed E-state index contributed by atoms with van der Waals surface area (Å²) < 4.78 is 5.51. The van der Waals surface area contributed by atoms with E-state index in [1.165, 1.54) is 11.1 Å². The third-order valence-electron chi connectivity index (χ3n) is 6.39. The highest BCUT2D eigenvalue weighted by Gasteiger charge is 2.29. The van der Waals surface area contributed by atoms with Crippen LogP contribution in [0.1, 0.15) is 35.1 Å². The number of aliphatic hydroxyl groups excluding tert-OH is 2. The average molecular weight is 455 g/mol. The van der Waals surface area contributed by atoms with E-state index in [9.17, 15) is 15.0 Å². The summed E-state index contributed by atoms with van der Waals surface area (Å²) in [4.78, 5) is 16.6. The molecule has 1 aliphatic rings. The van der Waals surface area contributed by atoms with Crippen LogP contribution in [0, 0.1) is 0 Å². The van der Waals surface area contributed by atoms with Gasteiger partial charge in [-0.15, -0.1) is 0 Å². The fourth-order valence-electron chi connectivity index (χ4n) is 4.62. The number of rotatable bonds is 7. The number of carbonyl (C=O) groups is 1. The van der Waals surface area contributed by atoms with Gasteiger partial charge in [0.25, 0.3) is 0 Å². The zero-order chi connectivity index (χ0) is 23.5. The van der Waals surface area contributed by atoms with Crippen molar-refractivity contribution >= 4 is 17.0 Å². The summed E-state index contributed by atoms with van der Waals surface area (Å²) in [6, 6.07) is 25.5. The van der Waals surface area contributed by atoms with Gasteiger partial charge in [0, 0.05) is 24.0 Å². The van der Waals surface area contributed by atoms with Crippen molar-refractivity contribution in [2.75, 3.05) is 13.2 Å². The Morgan fingerprint density at radius 3 is 2.38 bits per heavy atom. The molecule has 1 aliphatic carbocycles. The maximum absolute atomic E-state index is 12.3. The van der Waals surface area contributed by atoms with E-state index in [0.717, 1.165) is 22.0 Å². The SMILES string of the molecule is O=C(NCCC(O)C(O)c1ccc2cccnc2c1)OCC1c2ccccc2-c2ccccc21. The van der Waals surface area contributed by atoms with Crippen LogP contribution in [-0.4, -0.2) is 40.5 Å². The van der Waals surface area contributed by atoms with Gasteiger partial charge in [-0.2, -0.15) is 0 Å². The van der Waals surface area contributed by atoms with Crippen molar-refractivity contribution in [2.45, 2.75) is 24.5 Å². The quantitative estimate of drug-likeness (QED) is 0.381. The second-order valence-electron chi connectivity index (χ2n) is 8.51. The normalized spacial score (nSPS) is 14.3. The molecule has 2 atom stereocenters. The number of nitrogens with zero attached hydrogens (tertiary/aromatic N) is 1. The van der Waals surface area contributed by atoms with Crippen LogP contribution in [0.25, 0.3) is 22.0 Å². The summed E-state index contributed by atoms with van der Waals surface area (Å²) >= 11 is 0. The summed E-state index contributed by atoms with van der Waals surface area (Å²) in [5.41, 5.74) is 5.99. The standard InChI is InChI=1S/C28H26N2O4/c31-26(27(32)19-12-11-18-6-5-14-29-25(18)16-19)13-15-30-28(33)34-17-24-22-9-3-1-7-20(22)21-8-2-4-10-23(21)24/h1-12,14,16,24,26-27,31-32H,13,15,17H2,(H,30,33). The summed E-state index contributed by atoms with van der Waals surface area (Å²) in [7, 11) is 0. The molecule has 0 radical (unpaired) electrons. The first-order valence-corrected chi connectivity index (χ1v) is 11.4. The Labute approximate surface area is 197 Å². The van der Waals surface area contributed by atoms with E-state index in [1.54, 1.807) is 18.3 Å². The lowest BCUT2D eigenvalue weighted by molar-refractivity contribution is 0.0137. The van der Waals surface area contributed by atoms with E-state index < -0.39 is 18.3 Å². The summed E-state index contributed by atoms with van der Waals surface area (Å²) in [5.74, 6) is -0.00734. The number of aromatic nitrogens is 1. The first-order valence-electron chi connectivity index (χ1n) is 11.4. The predicted octanol–water partition coefficient (Wildman–Crippen LogP) is 4.56. The minimum atomic E-state index is -1.07. The molecule has 4 aromatic rings. The minimum Gasteiger partial charge on any atom is -0.449 e. The van der Waals surface area contributed by atoms with Crippen LogP contribution in [0.4, 0.5) is 4.79 Å². The summed E-state index contributed by atoms with van der Waals surface area (Å²) in [6.45, 7) is 0.413. The molecule has 5 rings (SSSR count). The lowest BCUT2D eigenvalue weighted by atomic mass is 9.98. The van der Waals surface area contributed by atoms with Crippen LogP contribution in [0.5, 0.6) is 0 Å². The van der Waals surface area contributed by atoms with E-state index in [-0.39, 0.29) is 25.5 Å². The minimum absolute atomic E-state index is 0.00734. The van der Waals surface area contributed by atoms with Gasteiger partial charge in [-0.3, -0.25) is 4.98 Å². The lowest BCUT2D eigenvalue weighted by Gasteiger charge is -2.19. The molecule has 1 amide bonds. The van der Waals surface area contributed by atoms with Crippen LogP contribution >= 0.6 is 0 Å². The first-order chi connectivity index (χ1) is 16.6. The number of aliphatic hydroxyl groups is 2. The van der Waals surface area contributed by atoms with Crippen molar-refractivity contribution in [3.05, 3.63) is 102 Å². The Hall–Kier alpha value is -3.74. The highest BCUT2D eigenvalue weighted by Crippen LogP contribution is 2.44. The molecule has 34 heavy (non-hydrogen) atoms. The number of benzene rings is 3. The Bertz CT molecular complexity index is 1280. The maximum Gasteiger partial charge on any atom is 0.407 e. The monoisotopic (exact) mass is 454 g/mol. The number of carbonyl (C=O) groups excluding carboxylic acids is 1. The molecule has 6 nitrogen and oxygen atoms in total. The fraction of sp³-hybridized carbons (Fsp3) is 0.214. The zero-order valence-corrected chi connectivity index (χ0v) is 18.6. The van der Waals surface area contributed by atoms with Crippen molar-refractivity contribution in [2.24, 2.45) is 0 Å². The van der Waals surface area contributed by atoms with Crippen LogP contribution in [-0.2, 0) is 4.74 Å². The van der Waals surface area contributed by atoms with Crippen molar-refractivity contribution in [1.82, 2.24) is 10.3 Å². The van der Waals surface area contributed by atoms with Crippen LogP contribution in [0.2, 0.25) is 0 Å². The maximum atomic E-state index is 12.3. The molecule has 0 spiro atoms. The van der Waals surface area contributed by atoms with Gasteiger partial charge in [-0.1, -0.05) is 66.7 Å². The van der Waals surface area contributed by atoms with Gasteiger partial charge in [-0.05, 0) is 46.4 Å². The Balaban J connectivity index is 1.13. The average Bonchev–Trinajstić information content (AvgIpc) is 3.20. The first kappa shape index (κ1) is 22.1. The van der Waals surface area contributed by atoms with Gasteiger partial charge >= 0.3 is 6.09 Å². The van der Waals surface area contributed by atoms with Gasteiger partial charge in [0.05, 0.1) is 11.6 Å². The second kappa shape index (κ2) is 9.63. The van der Waals surface area contributed by atoms with Crippen molar-refractivity contribution in [3.63, 3.8) is 0 Å². The number of hydrogen-bond donors (Lipinski definition) is 3. The third kappa shape index (κ3) is 4.38. The third-order valence-corrected chi connectivity index (χ3v) is 6.39. The topological polar surface area (TPSA) is 91.7 Å². The number of ether oxygens (including phenoxy) is 1. The van der Waals surface area contributed by atoms with E-state index in [1.807, 2.05) is 42.5 Å². The molecule has 3 N–H and O–H groups in total. The summed E-state index contributed by atoms with van der Waals surface area (Å²) in [6.07, 6.45) is -0.775. The summed E-state index contributed by atoms with van der Waals surface area (Å²) in [5, 5.41) is 24.6. The molecule has 1 aromatic heterocycles. The van der Waals surface area contributed by atoms with Gasteiger partial charge in [0.1, 0.15) is 12.7 Å². The second-order valence-corrected chi connectivity index (χ2v) is 8.51. The van der Waals surface area contributed by atoms with Crippen LogP contribution < -0.4 is 5.32 Å². The molecule has 0 saturated carbocycles. The fourth-order valence-corrected chi connectivity index (χ4v) is 4.62. The molecule has 3 aromatic carbocycles. The van der Waals surface area contributed by atoms with E-state index in [2.05, 4.69) is 34.6 Å². The van der Waals surface area contributed by atoms with E-state index in [4.69, 9.17) is 4.74 Å². The molecule has 0 aliphatic heterocycles. The molecular formula is C28H26N2O4. The van der Waals surface area contributed by atoms with Crippen molar-refractivity contribution < 1.29 is 19.7 Å². The number of nitrogens with one attached hydrogen (secondary N) is 1. The van der Waals surface area contributed by atoms with Gasteiger partial charge in [-0.25, -0.2) is 4.79 Å². The van der Waals surface area contributed by atoms with Crippen molar-refractivity contribution in [1.29, 1.82) is 0 Å². The molecule has 0 saturated heterocycles. The lowest BCUT2D eigenvalue weighted by Crippen LogP contribution is -2.30. The van der Waals surface area contributed by atoms with Gasteiger partial charge in [0.15, 0.2) is 0 Å². The molecule has 1 heterocycles. The number of pyridine rings is 1. The van der Waals surface area contributed by atoms with E-state index >= 15 is 0 Å². The molecule has 2 unspecified atom stereocenters. The largest absolute Gasteiger partial charge is 0.449 e. The number of hydrogen-bond acceptors (Lipinski definition) is 5. The Morgan fingerprint density at radius 2 is 1.65 bits per heavy atom. The highest BCUT2D eigenvalue weighted by molar-refractivity contribution is 5.79. The highest BCUT2D eigenvalue weighted by atomic mass is 16.5. The molecule has 172 valence electrons. The molecule has 0 fully saturated rings. The van der Waals surface area contributed by atoms with Crippen LogP contribution in [0.3, 0.4) is 0 Å². The predicted molar refractivity (Wildman–Crippen MR) is 130 cm³/mol. The molecule has 6 heteroatoms. The number of alkyl carbamates (subject to hydrolysis) is 1. The van der Waals surface area contributed by atoms with E-state index in [0.29, 0.717) is 5.56 Å². The number of fused-ring (bicyclic) bond motifs is 4. The molecule has 0 bridgehead atoms.